The van der Waals surface area contributed by atoms with Crippen LogP contribution in [0.5, 0.6) is 0 Å². The van der Waals surface area contributed by atoms with Gasteiger partial charge < -0.3 is 20.0 Å². The van der Waals surface area contributed by atoms with Crippen molar-refractivity contribution >= 4 is 17.7 Å². The number of carbonyl (C=O) groups is 3. The summed E-state index contributed by atoms with van der Waals surface area (Å²) in [5.74, 6) is 0.665. The number of likely N-dealkylation sites (tertiary alicyclic amines) is 3. The maximum absolute atomic E-state index is 14.8. The molecule has 3 aliphatic heterocycles. The normalized spacial score (nSPS) is 23.9. The van der Waals surface area contributed by atoms with Crippen molar-refractivity contribution in [2.45, 2.75) is 94.2 Å². The van der Waals surface area contributed by atoms with Gasteiger partial charge in [0.2, 0.25) is 17.7 Å². The van der Waals surface area contributed by atoms with Crippen LogP contribution in [-0.2, 0) is 19.8 Å². The Balaban J connectivity index is 1.08. The maximum atomic E-state index is 14.8. The van der Waals surface area contributed by atoms with E-state index in [1.54, 1.807) is 9.80 Å². The molecule has 3 saturated heterocycles. The summed E-state index contributed by atoms with van der Waals surface area (Å²) in [6, 6.07) is 28.2. The second-order valence-corrected chi connectivity index (χ2v) is 16.0. The van der Waals surface area contributed by atoms with Crippen molar-refractivity contribution in [3.63, 3.8) is 0 Å². The highest BCUT2D eigenvalue weighted by molar-refractivity contribution is 5.93. The lowest BCUT2D eigenvalue weighted by Crippen LogP contribution is -2.54. The number of hydrogen-bond donors (Lipinski definition) is 1. The monoisotopic (exact) mass is 729 g/mol. The summed E-state index contributed by atoms with van der Waals surface area (Å²) in [6.07, 6.45) is 10.6. The van der Waals surface area contributed by atoms with Gasteiger partial charge in [0.15, 0.2) is 0 Å². The molecule has 54 heavy (non-hydrogen) atoms. The quantitative estimate of drug-likeness (QED) is 0.0926. The van der Waals surface area contributed by atoms with Crippen molar-refractivity contribution in [2.75, 3.05) is 39.3 Å². The van der Waals surface area contributed by atoms with E-state index in [2.05, 4.69) is 56.6 Å². The fraction of sp³-hybridized carbons (Fsp3) is 0.523. The van der Waals surface area contributed by atoms with Crippen molar-refractivity contribution < 1.29 is 14.4 Å². The zero-order valence-corrected chi connectivity index (χ0v) is 31.5. The van der Waals surface area contributed by atoms with Gasteiger partial charge in [0.1, 0.15) is 12.1 Å². The van der Waals surface area contributed by atoms with Crippen LogP contribution in [0.2, 0.25) is 0 Å². The summed E-state index contributed by atoms with van der Waals surface area (Å²) in [6.45, 7) is 4.56. The topological polar surface area (TPSA) is 122 Å². The summed E-state index contributed by atoms with van der Waals surface area (Å²) in [4.78, 5) is 52.2. The van der Waals surface area contributed by atoms with Gasteiger partial charge in [-0.05, 0) is 85.5 Å². The van der Waals surface area contributed by atoms with Crippen molar-refractivity contribution in [3.05, 3.63) is 118 Å². The van der Waals surface area contributed by atoms with Crippen LogP contribution in [0.1, 0.15) is 87.3 Å². The summed E-state index contributed by atoms with van der Waals surface area (Å²) in [5, 5.41) is 7.23. The molecule has 10 heteroatoms. The molecule has 3 aromatic rings. The second-order valence-electron chi connectivity index (χ2n) is 16.0. The van der Waals surface area contributed by atoms with E-state index in [1.165, 1.54) is 38.6 Å². The predicted molar refractivity (Wildman–Crippen MR) is 210 cm³/mol. The van der Waals surface area contributed by atoms with E-state index >= 15 is 0 Å². The zero-order chi connectivity index (χ0) is 37.3. The van der Waals surface area contributed by atoms with Crippen LogP contribution < -0.4 is 5.32 Å². The van der Waals surface area contributed by atoms with Crippen molar-refractivity contribution in [1.29, 1.82) is 0 Å². The Morgan fingerprint density at radius 3 is 1.91 bits per heavy atom. The Kier molecular flexibility index (Phi) is 12.3. The average molecular weight is 730 g/mol. The highest BCUT2D eigenvalue weighted by Gasteiger charge is 2.47. The molecule has 3 amide bonds. The Hall–Kier alpha value is -4.66. The highest BCUT2D eigenvalue weighted by atomic mass is 16.2. The van der Waals surface area contributed by atoms with Gasteiger partial charge in [0, 0.05) is 44.1 Å². The SMILES string of the molecule is [N-]=[N+]=N[C@H]1C[C@@H](C(=O)N2CCCC2C(=O)NC[C@H]2CCCN(CC3CCCCC3)C2)N(C(=O)CC(c2ccccc2)(c2ccccc2)c2ccccc2)C1. The molecule has 4 fully saturated rings. The molecular weight excluding hydrogens is 675 g/mol. The van der Waals surface area contributed by atoms with Gasteiger partial charge in [-0.1, -0.05) is 115 Å². The van der Waals surface area contributed by atoms with Crippen LogP contribution in [0.25, 0.3) is 10.4 Å². The van der Waals surface area contributed by atoms with Crippen LogP contribution in [-0.4, -0.2) is 89.8 Å². The smallest absolute Gasteiger partial charge is 0.246 e. The molecule has 1 aliphatic carbocycles. The molecule has 0 radical (unpaired) electrons. The minimum atomic E-state index is -0.841. The molecule has 4 aliphatic rings. The van der Waals surface area contributed by atoms with E-state index < -0.39 is 23.5 Å². The van der Waals surface area contributed by atoms with Crippen LogP contribution in [0, 0.1) is 11.8 Å². The Morgan fingerprint density at radius 2 is 1.30 bits per heavy atom. The Morgan fingerprint density at radius 1 is 0.704 bits per heavy atom. The first-order valence-electron chi connectivity index (χ1n) is 20.3. The van der Waals surface area contributed by atoms with Gasteiger partial charge in [-0.2, -0.15) is 0 Å². The minimum absolute atomic E-state index is 0.0703. The molecule has 0 spiro atoms. The Labute approximate surface area is 319 Å². The number of nitrogens with zero attached hydrogens (tertiary/aromatic N) is 6. The molecule has 3 aromatic carbocycles. The molecule has 0 aromatic heterocycles. The number of rotatable bonds is 12. The van der Waals surface area contributed by atoms with Gasteiger partial charge in [0.05, 0.1) is 11.5 Å². The summed E-state index contributed by atoms with van der Waals surface area (Å²) in [5.41, 5.74) is 11.5. The summed E-state index contributed by atoms with van der Waals surface area (Å²) < 4.78 is 0. The lowest BCUT2D eigenvalue weighted by atomic mass is 9.67. The maximum Gasteiger partial charge on any atom is 0.246 e. The van der Waals surface area contributed by atoms with Crippen molar-refractivity contribution in [2.24, 2.45) is 17.0 Å². The third-order valence-electron chi connectivity index (χ3n) is 12.6. The first-order chi connectivity index (χ1) is 26.5. The van der Waals surface area contributed by atoms with Crippen molar-refractivity contribution in [3.8, 4) is 0 Å². The number of piperidine rings is 1. The van der Waals surface area contributed by atoms with Gasteiger partial charge in [0.25, 0.3) is 0 Å². The average Bonchev–Trinajstić information content (AvgIpc) is 3.89. The lowest BCUT2D eigenvalue weighted by molar-refractivity contribution is -0.146. The molecule has 284 valence electrons. The molecular formula is C44H55N7O3. The number of nitrogens with one attached hydrogen (secondary N) is 1. The fourth-order valence-corrected chi connectivity index (χ4v) is 9.86. The standard InChI is InChI=1S/C44H55N7O3/c45-48-47-38-27-40(43(54)50-26-14-24-39(50)42(53)46-29-34-17-13-25-49(31-34)30-33-15-5-1-6-16-33)51(32-38)41(52)28-44(35-18-7-2-8-19-35,36-20-9-3-10-21-36)37-22-11-4-12-23-37/h2-4,7-12,18-23,33-34,38-40H,1,5-6,13-17,24-32H2,(H,46,53)/t34-,38+,39?,40+/m1/s1. The number of benzene rings is 3. The Bertz CT molecular complexity index is 1660. The van der Waals surface area contributed by atoms with E-state index in [9.17, 15) is 19.9 Å². The van der Waals surface area contributed by atoms with Gasteiger partial charge in [-0.3, -0.25) is 14.4 Å². The van der Waals surface area contributed by atoms with Crippen LogP contribution >= 0.6 is 0 Å². The second kappa shape index (κ2) is 17.7. The largest absolute Gasteiger partial charge is 0.354 e. The molecule has 1 N–H and O–H groups in total. The first kappa shape index (κ1) is 37.6. The van der Waals surface area contributed by atoms with Gasteiger partial charge in [-0.25, -0.2) is 0 Å². The van der Waals surface area contributed by atoms with Crippen molar-refractivity contribution in [1.82, 2.24) is 20.0 Å². The van der Waals surface area contributed by atoms with E-state index in [1.807, 2.05) is 54.6 Å². The van der Waals surface area contributed by atoms with Crippen LogP contribution in [0.3, 0.4) is 0 Å². The predicted octanol–water partition coefficient (Wildman–Crippen LogP) is 7.09. The molecule has 3 heterocycles. The molecule has 0 bridgehead atoms. The lowest BCUT2D eigenvalue weighted by Gasteiger charge is -2.38. The number of hydrogen-bond acceptors (Lipinski definition) is 5. The molecule has 7 rings (SSSR count). The molecule has 1 saturated carbocycles. The first-order valence-corrected chi connectivity index (χ1v) is 20.3. The number of azide groups is 1. The minimum Gasteiger partial charge on any atom is -0.354 e. The molecule has 4 atom stereocenters. The van der Waals surface area contributed by atoms with Crippen LogP contribution in [0.4, 0.5) is 0 Å². The van der Waals surface area contributed by atoms with E-state index in [0.29, 0.717) is 25.4 Å². The van der Waals surface area contributed by atoms with Crippen LogP contribution in [0.15, 0.2) is 96.1 Å². The highest BCUT2D eigenvalue weighted by Crippen LogP contribution is 2.43. The number of amides is 3. The zero-order valence-electron chi connectivity index (χ0n) is 31.5. The summed E-state index contributed by atoms with van der Waals surface area (Å²) in [7, 11) is 0. The number of carbonyl (C=O) groups excluding carboxylic acids is 3. The third-order valence-corrected chi connectivity index (χ3v) is 12.6. The molecule has 10 nitrogen and oxygen atoms in total. The van der Waals surface area contributed by atoms with E-state index in [4.69, 9.17) is 0 Å². The third kappa shape index (κ3) is 8.35. The summed E-state index contributed by atoms with van der Waals surface area (Å²) >= 11 is 0. The van der Waals surface area contributed by atoms with E-state index in [-0.39, 0.29) is 37.1 Å². The molecule has 1 unspecified atom stereocenters. The van der Waals surface area contributed by atoms with E-state index in [0.717, 1.165) is 55.0 Å². The fourth-order valence-electron chi connectivity index (χ4n) is 9.86. The van der Waals surface area contributed by atoms with Gasteiger partial charge in [-0.15, -0.1) is 0 Å². The van der Waals surface area contributed by atoms with Gasteiger partial charge >= 0.3 is 0 Å².